The quantitative estimate of drug-likeness (QED) is 0.779. The Kier molecular flexibility index (Phi) is 3.09. The summed E-state index contributed by atoms with van der Waals surface area (Å²) in [5.74, 6) is 1.32. The fourth-order valence-electron chi connectivity index (χ4n) is 1.06. The first-order valence-corrected chi connectivity index (χ1v) is 4.63. The van der Waals surface area contributed by atoms with E-state index in [1.165, 1.54) is 0 Å². The Morgan fingerprint density at radius 3 is 2.50 bits per heavy atom. The Morgan fingerprint density at radius 1 is 1.42 bits per heavy atom. The second kappa shape index (κ2) is 3.90. The van der Waals surface area contributed by atoms with Gasteiger partial charge in [0, 0.05) is 18.0 Å². The molecule has 0 saturated carbocycles. The van der Waals surface area contributed by atoms with Crippen LogP contribution in [0.1, 0.15) is 25.3 Å². The van der Waals surface area contributed by atoms with Crippen molar-refractivity contribution in [2.24, 2.45) is 0 Å². The third-order valence-corrected chi connectivity index (χ3v) is 2.27. The molecular formula is C9H12BrNO. The van der Waals surface area contributed by atoms with Crippen LogP contribution < -0.4 is 4.74 Å². The molecule has 1 aromatic heterocycles. The molecule has 0 fully saturated rings. The molecule has 0 radical (unpaired) electrons. The zero-order chi connectivity index (χ0) is 9.14. The van der Waals surface area contributed by atoms with Crippen molar-refractivity contribution in [3.05, 3.63) is 22.4 Å². The summed E-state index contributed by atoms with van der Waals surface area (Å²) in [4.78, 5) is 4.09. The van der Waals surface area contributed by atoms with Crippen LogP contribution in [0.2, 0.25) is 0 Å². The molecule has 0 N–H and O–H groups in total. The molecule has 1 rings (SSSR count). The van der Waals surface area contributed by atoms with Crippen molar-refractivity contribution in [2.45, 2.75) is 19.8 Å². The minimum absolute atomic E-state index is 0.435. The average Bonchev–Trinajstić information content (AvgIpc) is 2.03. The number of pyridine rings is 1. The third kappa shape index (κ3) is 1.78. The summed E-state index contributed by atoms with van der Waals surface area (Å²) in [5.41, 5.74) is 1.13. The van der Waals surface area contributed by atoms with Gasteiger partial charge in [-0.05, 0) is 21.8 Å². The minimum atomic E-state index is 0.435. The molecule has 0 aliphatic heterocycles. The lowest BCUT2D eigenvalue weighted by atomic mass is 10.1. The van der Waals surface area contributed by atoms with E-state index >= 15 is 0 Å². The lowest BCUT2D eigenvalue weighted by Crippen LogP contribution is -1.95. The van der Waals surface area contributed by atoms with E-state index in [0.717, 1.165) is 15.8 Å². The number of nitrogens with zero attached hydrogens (tertiary/aromatic N) is 1. The van der Waals surface area contributed by atoms with Crippen LogP contribution >= 0.6 is 15.9 Å². The van der Waals surface area contributed by atoms with E-state index in [4.69, 9.17) is 4.74 Å². The van der Waals surface area contributed by atoms with E-state index < -0.39 is 0 Å². The molecule has 0 amide bonds. The fourth-order valence-corrected chi connectivity index (χ4v) is 1.57. The molecule has 0 bridgehead atoms. The van der Waals surface area contributed by atoms with Crippen LogP contribution in [-0.4, -0.2) is 12.1 Å². The van der Waals surface area contributed by atoms with Crippen molar-refractivity contribution in [3.63, 3.8) is 0 Å². The highest BCUT2D eigenvalue weighted by atomic mass is 79.9. The summed E-state index contributed by atoms with van der Waals surface area (Å²) in [6.45, 7) is 4.23. The van der Waals surface area contributed by atoms with Gasteiger partial charge in [0.1, 0.15) is 5.75 Å². The van der Waals surface area contributed by atoms with Crippen molar-refractivity contribution >= 4 is 15.9 Å². The number of hydrogen-bond donors (Lipinski definition) is 0. The van der Waals surface area contributed by atoms with Crippen LogP contribution in [-0.2, 0) is 0 Å². The lowest BCUT2D eigenvalue weighted by Gasteiger charge is -2.11. The van der Waals surface area contributed by atoms with Crippen LogP contribution in [0.5, 0.6) is 5.75 Å². The molecule has 0 atom stereocenters. The number of ether oxygens (including phenoxy) is 1. The van der Waals surface area contributed by atoms with Crippen LogP contribution in [0.3, 0.4) is 0 Å². The van der Waals surface area contributed by atoms with Crippen LogP contribution in [0, 0.1) is 0 Å². The van der Waals surface area contributed by atoms with Crippen molar-refractivity contribution in [3.8, 4) is 5.75 Å². The van der Waals surface area contributed by atoms with Crippen LogP contribution in [0.25, 0.3) is 0 Å². The fraction of sp³-hybridized carbons (Fsp3) is 0.444. The van der Waals surface area contributed by atoms with Crippen molar-refractivity contribution in [2.75, 3.05) is 7.11 Å². The molecule has 12 heavy (non-hydrogen) atoms. The molecule has 1 heterocycles. The standard InChI is InChI=1S/C9H12BrNO/c1-6(2)7-4-11-5-8(10)9(7)12-3/h4-6H,1-3H3. The minimum Gasteiger partial charge on any atom is -0.495 e. The highest BCUT2D eigenvalue weighted by Gasteiger charge is 2.10. The maximum Gasteiger partial charge on any atom is 0.139 e. The monoisotopic (exact) mass is 229 g/mol. The predicted molar refractivity (Wildman–Crippen MR) is 52.6 cm³/mol. The first-order valence-electron chi connectivity index (χ1n) is 3.84. The van der Waals surface area contributed by atoms with Crippen LogP contribution in [0.15, 0.2) is 16.9 Å². The van der Waals surface area contributed by atoms with E-state index in [1.807, 2.05) is 6.20 Å². The van der Waals surface area contributed by atoms with E-state index in [9.17, 15) is 0 Å². The molecule has 0 saturated heterocycles. The van der Waals surface area contributed by atoms with Crippen LogP contribution in [0.4, 0.5) is 0 Å². The van der Waals surface area contributed by atoms with Gasteiger partial charge in [0.15, 0.2) is 0 Å². The predicted octanol–water partition coefficient (Wildman–Crippen LogP) is 2.98. The SMILES string of the molecule is COc1c(Br)cncc1C(C)C. The second-order valence-corrected chi connectivity index (χ2v) is 3.75. The Bertz CT molecular complexity index is 273. The summed E-state index contributed by atoms with van der Waals surface area (Å²) in [6.07, 6.45) is 3.58. The van der Waals surface area contributed by atoms with Gasteiger partial charge in [-0.2, -0.15) is 0 Å². The summed E-state index contributed by atoms with van der Waals surface area (Å²) in [6, 6.07) is 0. The van der Waals surface area contributed by atoms with Gasteiger partial charge >= 0.3 is 0 Å². The van der Waals surface area contributed by atoms with E-state index in [0.29, 0.717) is 5.92 Å². The highest BCUT2D eigenvalue weighted by molar-refractivity contribution is 9.10. The molecular weight excluding hydrogens is 218 g/mol. The number of halogens is 1. The maximum absolute atomic E-state index is 5.25. The average molecular weight is 230 g/mol. The molecule has 66 valence electrons. The van der Waals surface area contributed by atoms with Gasteiger partial charge in [-0.1, -0.05) is 13.8 Å². The summed E-state index contributed by atoms with van der Waals surface area (Å²) >= 11 is 3.39. The first kappa shape index (κ1) is 9.52. The van der Waals surface area contributed by atoms with Crippen molar-refractivity contribution in [1.82, 2.24) is 4.98 Å². The molecule has 0 aliphatic carbocycles. The first-order chi connectivity index (χ1) is 5.66. The molecule has 0 aromatic carbocycles. The molecule has 0 unspecified atom stereocenters. The Morgan fingerprint density at radius 2 is 2.08 bits per heavy atom. The van der Waals surface area contributed by atoms with Gasteiger partial charge in [-0.25, -0.2) is 0 Å². The van der Waals surface area contributed by atoms with Gasteiger partial charge in [-0.15, -0.1) is 0 Å². The van der Waals surface area contributed by atoms with Crippen molar-refractivity contribution in [1.29, 1.82) is 0 Å². The van der Waals surface area contributed by atoms with Gasteiger partial charge in [-0.3, -0.25) is 4.98 Å². The van der Waals surface area contributed by atoms with Gasteiger partial charge in [0.2, 0.25) is 0 Å². The Hall–Kier alpha value is -0.570. The zero-order valence-electron chi connectivity index (χ0n) is 7.47. The highest BCUT2D eigenvalue weighted by Crippen LogP contribution is 2.31. The zero-order valence-corrected chi connectivity index (χ0v) is 9.05. The number of aromatic nitrogens is 1. The molecule has 0 aliphatic rings. The van der Waals surface area contributed by atoms with Gasteiger partial charge in [0.25, 0.3) is 0 Å². The summed E-state index contributed by atoms with van der Waals surface area (Å²) < 4.78 is 6.16. The number of hydrogen-bond acceptors (Lipinski definition) is 2. The molecule has 1 aromatic rings. The maximum atomic E-state index is 5.25. The number of methoxy groups -OCH3 is 1. The van der Waals surface area contributed by atoms with Gasteiger partial charge in [0.05, 0.1) is 11.6 Å². The van der Waals surface area contributed by atoms with Gasteiger partial charge < -0.3 is 4.74 Å². The molecule has 0 spiro atoms. The summed E-state index contributed by atoms with van der Waals surface area (Å²) in [5, 5.41) is 0. The molecule has 2 nitrogen and oxygen atoms in total. The van der Waals surface area contributed by atoms with E-state index in [2.05, 4.69) is 34.8 Å². The largest absolute Gasteiger partial charge is 0.495 e. The topological polar surface area (TPSA) is 22.1 Å². The second-order valence-electron chi connectivity index (χ2n) is 2.90. The van der Waals surface area contributed by atoms with E-state index in [1.54, 1.807) is 13.3 Å². The lowest BCUT2D eigenvalue weighted by molar-refractivity contribution is 0.404. The Balaban J connectivity index is 3.18. The normalized spacial score (nSPS) is 10.4. The third-order valence-electron chi connectivity index (χ3n) is 1.71. The summed E-state index contributed by atoms with van der Waals surface area (Å²) in [7, 11) is 1.67. The van der Waals surface area contributed by atoms with E-state index in [-0.39, 0.29) is 0 Å². The smallest absolute Gasteiger partial charge is 0.139 e. The number of rotatable bonds is 2. The Labute approximate surface area is 81.1 Å². The van der Waals surface area contributed by atoms with Crippen molar-refractivity contribution < 1.29 is 4.74 Å². The molecule has 3 heteroatoms.